The lowest BCUT2D eigenvalue weighted by molar-refractivity contribution is -0.142. The van der Waals surface area contributed by atoms with Crippen molar-refractivity contribution in [1.29, 1.82) is 0 Å². The SMILES string of the molecule is CC(C)CCN(C(=O)Cn1ccc(C(F)(F)F)n1)C1CC1. The molecule has 0 atom stereocenters. The summed E-state index contributed by atoms with van der Waals surface area (Å²) in [7, 11) is 0. The van der Waals surface area contributed by atoms with E-state index >= 15 is 0 Å². The minimum Gasteiger partial charge on any atom is -0.338 e. The van der Waals surface area contributed by atoms with E-state index in [0.29, 0.717) is 12.5 Å². The summed E-state index contributed by atoms with van der Waals surface area (Å²) in [6, 6.07) is 1.15. The quantitative estimate of drug-likeness (QED) is 0.810. The summed E-state index contributed by atoms with van der Waals surface area (Å²) in [5, 5.41) is 3.42. The van der Waals surface area contributed by atoms with Gasteiger partial charge in [0.25, 0.3) is 0 Å². The van der Waals surface area contributed by atoms with Gasteiger partial charge in [-0.25, -0.2) is 0 Å². The fourth-order valence-corrected chi connectivity index (χ4v) is 2.12. The summed E-state index contributed by atoms with van der Waals surface area (Å²) in [5.74, 6) is 0.329. The van der Waals surface area contributed by atoms with Crippen LogP contribution in [0.2, 0.25) is 0 Å². The van der Waals surface area contributed by atoms with E-state index in [4.69, 9.17) is 0 Å². The maximum Gasteiger partial charge on any atom is 0.435 e. The van der Waals surface area contributed by atoms with Crippen molar-refractivity contribution >= 4 is 5.91 Å². The first-order chi connectivity index (χ1) is 9.77. The molecule has 0 saturated heterocycles. The Morgan fingerprint density at radius 3 is 2.62 bits per heavy atom. The maximum atomic E-state index is 12.5. The van der Waals surface area contributed by atoms with Gasteiger partial charge in [-0.1, -0.05) is 13.8 Å². The molecule has 1 saturated carbocycles. The first-order valence-electron chi connectivity index (χ1n) is 7.17. The van der Waals surface area contributed by atoms with Gasteiger partial charge < -0.3 is 4.90 Å². The second kappa shape index (κ2) is 6.07. The van der Waals surface area contributed by atoms with Crippen molar-refractivity contribution in [1.82, 2.24) is 14.7 Å². The van der Waals surface area contributed by atoms with Crippen molar-refractivity contribution in [2.75, 3.05) is 6.54 Å². The molecule has 1 aliphatic carbocycles. The molecule has 4 nitrogen and oxygen atoms in total. The highest BCUT2D eigenvalue weighted by molar-refractivity contribution is 5.76. The number of carbonyl (C=O) groups excluding carboxylic acids is 1. The van der Waals surface area contributed by atoms with Crippen LogP contribution in [0.15, 0.2) is 12.3 Å². The number of hydrogen-bond acceptors (Lipinski definition) is 2. The molecule has 1 heterocycles. The molecule has 2 rings (SSSR count). The smallest absolute Gasteiger partial charge is 0.338 e. The van der Waals surface area contributed by atoms with Crippen LogP contribution < -0.4 is 0 Å². The van der Waals surface area contributed by atoms with E-state index in [2.05, 4.69) is 18.9 Å². The zero-order valence-electron chi connectivity index (χ0n) is 12.2. The van der Waals surface area contributed by atoms with Gasteiger partial charge in [0.1, 0.15) is 6.54 Å². The predicted octanol–water partition coefficient (Wildman–Crippen LogP) is 2.94. The third-order valence-corrected chi connectivity index (χ3v) is 3.48. The Bertz CT molecular complexity index is 492. The molecule has 21 heavy (non-hydrogen) atoms. The zero-order chi connectivity index (χ0) is 15.6. The molecule has 1 amide bonds. The zero-order valence-corrected chi connectivity index (χ0v) is 12.2. The number of aromatic nitrogens is 2. The number of halogens is 3. The molecular weight excluding hydrogens is 283 g/mol. The van der Waals surface area contributed by atoms with Crippen LogP contribution in [0.5, 0.6) is 0 Å². The molecular formula is C14H20F3N3O. The maximum absolute atomic E-state index is 12.5. The lowest BCUT2D eigenvalue weighted by atomic mass is 10.1. The molecule has 0 unspecified atom stereocenters. The van der Waals surface area contributed by atoms with Crippen molar-refractivity contribution in [2.24, 2.45) is 5.92 Å². The normalized spacial score (nSPS) is 15.5. The number of hydrogen-bond donors (Lipinski definition) is 0. The first kappa shape index (κ1) is 15.9. The highest BCUT2D eigenvalue weighted by atomic mass is 19.4. The number of alkyl halides is 3. The van der Waals surface area contributed by atoms with Gasteiger partial charge in [-0.05, 0) is 31.2 Å². The van der Waals surface area contributed by atoms with Gasteiger partial charge in [-0.2, -0.15) is 18.3 Å². The highest BCUT2D eigenvalue weighted by Gasteiger charge is 2.35. The minimum atomic E-state index is -4.47. The van der Waals surface area contributed by atoms with Gasteiger partial charge in [0.05, 0.1) is 0 Å². The molecule has 1 aliphatic rings. The Morgan fingerprint density at radius 2 is 2.14 bits per heavy atom. The summed E-state index contributed by atoms with van der Waals surface area (Å²) < 4.78 is 38.5. The van der Waals surface area contributed by atoms with Crippen molar-refractivity contribution in [3.8, 4) is 0 Å². The molecule has 1 fully saturated rings. The molecule has 1 aromatic rings. The predicted molar refractivity (Wildman–Crippen MR) is 71.4 cm³/mol. The van der Waals surface area contributed by atoms with Crippen molar-refractivity contribution in [2.45, 2.75) is 51.9 Å². The van der Waals surface area contributed by atoms with Crippen LogP contribution in [-0.4, -0.2) is 33.2 Å². The summed E-state index contributed by atoms with van der Waals surface area (Å²) in [6.45, 7) is 4.69. The summed E-state index contributed by atoms with van der Waals surface area (Å²) in [4.78, 5) is 14.0. The van der Waals surface area contributed by atoms with Crippen molar-refractivity contribution < 1.29 is 18.0 Å². The number of carbonyl (C=O) groups is 1. The Morgan fingerprint density at radius 1 is 1.48 bits per heavy atom. The van der Waals surface area contributed by atoms with Gasteiger partial charge in [0.15, 0.2) is 5.69 Å². The number of nitrogens with zero attached hydrogens (tertiary/aromatic N) is 3. The summed E-state index contributed by atoms with van der Waals surface area (Å²) in [6.07, 6.45) is -0.404. The average Bonchev–Trinajstić information content (AvgIpc) is 3.06. The van der Waals surface area contributed by atoms with E-state index in [1.165, 1.54) is 6.20 Å². The lowest BCUT2D eigenvalue weighted by Crippen LogP contribution is -2.37. The molecule has 1 aromatic heterocycles. The third-order valence-electron chi connectivity index (χ3n) is 3.48. The second-order valence-electron chi connectivity index (χ2n) is 5.90. The Kier molecular flexibility index (Phi) is 4.58. The molecule has 0 spiro atoms. The molecule has 118 valence electrons. The summed E-state index contributed by atoms with van der Waals surface area (Å²) >= 11 is 0. The van der Waals surface area contributed by atoms with Gasteiger partial charge in [0, 0.05) is 18.8 Å². The van der Waals surface area contributed by atoms with Crippen LogP contribution in [-0.2, 0) is 17.5 Å². The Hall–Kier alpha value is -1.53. The van der Waals surface area contributed by atoms with Crippen molar-refractivity contribution in [3.63, 3.8) is 0 Å². The van der Waals surface area contributed by atoms with Crippen LogP contribution in [0, 0.1) is 5.92 Å². The van der Waals surface area contributed by atoms with E-state index in [1.807, 2.05) is 0 Å². The Balaban J connectivity index is 1.96. The van der Waals surface area contributed by atoms with Crippen LogP contribution in [0.25, 0.3) is 0 Å². The number of rotatable bonds is 6. The van der Waals surface area contributed by atoms with Crippen LogP contribution in [0.1, 0.15) is 38.8 Å². The van der Waals surface area contributed by atoms with E-state index in [1.54, 1.807) is 4.90 Å². The third kappa shape index (κ3) is 4.47. The topological polar surface area (TPSA) is 38.1 Å². The molecule has 0 aromatic carbocycles. The molecule has 0 aliphatic heterocycles. The van der Waals surface area contributed by atoms with Gasteiger partial charge in [-0.3, -0.25) is 9.48 Å². The van der Waals surface area contributed by atoms with Gasteiger partial charge in [0.2, 0.25) is 5.91 Å². The van der Waals surface area contributed by atoms with Gasteiger partial charge >= 0.3 is 6.18 Å². The van der Waals surface area contributed by atoms with E-state index in [9.17, 15) is 18.0 Å². The van der Waals surface area contributed by atoms with Crippen molar-refractivity contribution in [3.05, 3.63) is 18.0 Å². The average molecular weight is 303 g/mol. The molecule has 7 heteroatoms. The fraction of sp³-hybridized carbons (Fsp3) is 0.714. The standard InChI is InChI=1S/C14H20F3N3O/c1-10(2)5-8-20(11-3-4-11)13(21)9-19-7-6-12(18-19)14(15,16)17/h6-7,10-11H,3-5,8-9H2,1-2H3. The van der Waals surface area contributed by atoms with E-state index in [0.717, 1.165) is 30.0 Å². The fourth-order valence-electron chi connectivity index (χ4n) is 2.12. The monoisotopic (exact) mass is 303 g/mol. The molecule has 0 radical (unpaired) electrons. The van der Waals surface area contributed by atoms with Crippen LogP contribution in [0.3, 0.4) is 0 Å². The van der Waals surface area contributed by atoms with Crippen LogP contribution in [0.4, 0.5) is 13.2 Å². The number of amides is 1. The Labute approximate surface area is 121 Å². The van der Waals surface area contributed by atoms with E-state index < -0.39 is 11.9 Å². The van der Waals surface area contributed by atoms with Crippen LogP contribution >= 0.6 is 0 Å². The lowest BCUT2D eigenvalue weighted by Gasteiger charge is -2.23. The minimum absolute atomic E-state index is 0.134. The molecule has 0 bridgehead atoms. The largest absolute Gasteiger partial charge is 0.435 e. The first-order valence-corrected chi connectivity index (χ1v) is 7.17. The highest BCUT2D eigenvalue weighted by Crippen LogP contribution is 2.29. The summed E-state index contributed by atoms with van der Waals surface area (Å²) in [5.41, 5.74) is -0.963. The second-order valence-corrected chi connectivity index (χ2v) is 5.90. The van der Waals surface area contributed by atoms with Gasteiger partial charge in [-0.15, -0.1) is 0 Å². The molecule has 0 N–H and O–H groups in total. The van der Waals surface area contributed by atoms with E-state index in [-0.39, 0.29) is 18.5 Å².